The van der Waals surface area contributed by atoms with E-state index in [9.17, 15) is 9.59 Å². The lowest BCUT2D eigenvalue weighted by Crippen LogP contribution is -2.51. The molecule has 2 amide bonds. The number of anilines is 1. The van der Waals surface area contributed by atoms with Crippen molar-refractivity contribution in [2.45, 2.75) is 65.0 Å². The number of nitrogens with zero attached hydrogens (tertiary/aromatic N) is 2. The number of hydrogen-bond acceptors (Lipinski definition) is 3. The van der Waals surface area contributed by atoms with Crippen LogP contribution in [0.4, 0.5) is 5.69 Å². The van der Waals surface area contributed by atoms with Gasteiger partial charge in [0.2, 0.25) is 5.91 Å². The van der Waals surface area contributed by atoms with E-state index >= 15 is 0 Å². The van der Waals surface area contributed by atoms with Gasteiger partial charge >= 0.3 is 0 Å². The number of carbonyl (C=O) groups is 2. The number of halogens is 1. The van der Waals surface area contributed by atoms with Crippen LogP contribution in [0.2, 0.25) is 0 Å². The summed E-state index contributed by atoms with van der Waals surface area (Å²) in [7, 11) is 0. The summed E-state index contributed by atoms with van der Waals surface area (Å²) < 4.78 is 0. The molecule has 0 bridgehead atoms. The number of benzene rings is 1. The van der Waals surface area contributed by atoms with Crippen LogP contribution in [0.3, 0.4) is 0 Å². The van der Waals surface area contributed by atoms with Crippen LogP contribution in [-0.2, 0) is 9.59 Å². The predicted octanol–water partition coefficient (Wildman–Crippen LogP) is 5.27. The van der Waals surface area contributed by atoms with E-state index in [0.717, 1.165) is 48.9 Å². The van der Waals surface area contributed by atoms with Gasteiger partial charge < -0.3 is 10.2 Å². The van der Waals surface area contributed by atoms with Crippen LogP contribution in [0.15, 0.2) is 46.5 Å². The Morgan fingerprint density at radius 1 is 1.23 bits per heavy atom. The molecule has 1 saturated carbocycles. The van der Waals surface area contributed by atoms with E-state index in [-0.39, 0.29) is 18.4 Å². The SMILES string of the molecule is Cc1ccc(NC(=O)CN2C(=O)C(C3(C)C=CC=C(Cl)C3)=NC23CCCCC3)c(C)c1. The molecule has 164 valence electrons. The Labute approximate surface area is 189 Å². The molecule has 0 aromatic heterocycles. The fourth-order valence-corrected chi connectivity index (χ4v) is 5.36. The van der Waals surface area contributed by atoms with E-state index < -0.39 is 11.1 Å². The zero-order valence-electron chi connectivity index (χ0n) is 18.5. The second-order valence-electron chi connectivity index (χ2n) is 9.33. The molecule has 1 aliphatic heterocycles. The summed E-state index contributed by atoms with van der Waals surface area (Å²) in [6.45, 7) is 6.00. The minimum Gasteiger partial charge on any atom is -0.324 e. The Bertz CT molecular complexity index is 1000. The van der Waals surface area contributed by atoms with Crippen molar-refractivity contribution in [3.8, 4) is 0 Å². The molecule has 1 heterocycles. The number of nitrogens with one attached hydrogen (secondary N) is 1. The van der Waals surface area contributed by atoms with Gasteiger partial charge in [0, 0.05) is 16.1 Å². The first-order valence-electron chi connectivity index (χ1n) is 11.1. The van der Waals surface area contributed by atoms with Gasteiger partial charge in [-0.2, -0.15) is 0 Å². The molecule has 1 spiro atoms. The Balaban J connectivity index is 1.59. The average molecular weight is 440 g/mol. The number of carbonyl (C=O) groups excluding carboxylic acids is 2. The van der Waals surface area contributed by atoms with E-state index in [2.05, 4.69) is 5.32 Å². The highest BCUT2D eigenvalue weighted by Crippen LogP contribution is 2.44. The molecular formula is C25H30ClN3O2. The largest absolute Gasteiger partial charge is 0.324 e. The second-order valence-corrected chi connectivity index (χ2v) is 9.81. The Morgan fingerprint density at radius 2 is 1.97 bits per heavy atom. The zero-order chi connectivity index (χ0) is 22.2. The van der Waals surface area contributed by atoms with Gasteiger partial charge in [-0.3, -0.25) is 14.6 Å². The van der Waals surface area contributed by atoms with Crippen LogP contribution < -0.4 is 5.32 Å². The lowest BCUT2D eigenvalue weighted by molar-refractivity contribution is -0.134. The number of aliphatic imine (C=N–C) groups is 1. The normalized spacial score (nSPS) is 24.9. The number of aryl methyl sites for hydroxylation is 2. The number of allylic oxidation sites excluding steroid dienone is 4. The molecule has 0 saturated heterocycles. The van der Waals surface area contributed by atoms with E-state index in [0.29, 0.717) is 17.2 Å². The molecule has 1 N–H and O–H groups in total. The number of rotatable bonds is 4. The summed E-state index contributed by atoms with van der Waals surface area (Å²) in [6, 6.07) is 5.92. The summed E-state index contributed by atoms with van der Waals surface area (Å²) in [5, 5.41) is 3.70. The maximum absolute atomic E-state index is 13.6. The predicted molar refractivity (Wildman–Crippen MR) is 125 cm³/mol. The molecule has 0 radical (unpaired) electrons. The van der Waals surface area contributed by atoms with Gasteiger partial charge in [-0.1, -0.05) is 47.9 Å². The van der Waals surface area contributed by atoms with Crippen molar-refractivity contribution >= 4 is 34.8 Å². The van der Waals surface area contributed by atoms with Crippen molar-refractivity contribution in [3.05, 3.63) is 52.6 Å². The van der Waals surface area contributed by atoms with Crippen LogP contribution >= 0.6 is 11.6 Å². The van der Waals surface area contributed by atoms with Crippen LogP contribution in [-0.4, -0.2) is 34.6 Å². The molecule has 1 fully saturated rings. The average Bonchev–Trinajstić information content (AvgIpc) is 2.97. The highest BCUT2D eigenvalue weighted by molar-refractivity contribution is 6.43. The monoisotopic (exact) mass is 439 g/mol. The summed E-state index contributed by atoms with van der Waals surface area (Å²) in [5.41, 5.74) is 2.29. The molecule has 4 rings (SSSR count). The molecule has 1 atom stereocenters. The summed E-state index contributed by atoms with van der Waals surface area (Å²) in [6.07, 6.45) is 11.0. The first-order valence-corrected chi connectivity index (χ1v) is 11.4. The zero-order valence-corrected chi connectivity index (χ0v) is 19.3. The fourth-order valence-electron chi connectivity index (χ4n) is 5.01. The first kappa shape index (κ1) is 21.8. The molecule has 31 heavy (non-hydrogen) atoms. The Hall–Kier alpha value is -2.40. The molecule has 1 unspecified atom stereocenters. The number of amides is 2. The van der Waals surface area contributed by atoms with Gasteiger partial charge in [0.1, 0.15) is 17.9 Å². The van der Waals surface area contributed by atoms with Gasteiger partial charge in [-0.15, -0.1) is 0 Å². The van der Waals surface area contributed by atoms with Crippen molar-refractivity contribution in [1.29, 1.82) is 0 Å². The van der Waals surface area contributed by atoms with E-state index in [1.165, 1.54) is 0 Å². The molecule has 6 heteroatoms. The third-order valence-corrected chi connectivity index (χ3v) is 6.96. The lowest BCUT2D eigenvalue weighted by atomic mass is 9.78. The van der Waals surface area contributed by atoms with Crippen molar-refractivity contribution in [2.24, 2.45) is 10.4 Å². The molecular weight excluding hydrogens is 410 g/mol. The molecule has 5 nitrogen and oxygen atoms in total. The third kappa shape index (κ3) is 4.20. The summed E-state index contributed by atoms with van der Waals surface area (Å²) in [4.78, 5) is 33.4. The highest BCUT2D eigenvalue weighted by atomic mass is 35.5. The van der Waals surface area contributed by atoms with E-state index in [1.54, 1.807) is 4.90 Å². The van der Waals surface area contributed by atoms with Crippen LogP contribution in [0.25, 0.3) is 0 Å². The first-order chi connectivity index (χ1) is 14.7. The summed E-state index contributed by atoms with van der Waals surface area (Å²) >= 11 is 6.31. The standard InChI is InChI=1S/C25H30ClN3O2/c1-17-9-10-20(18(2)14-17)27-21(30)16-29-23(31)22(24(3)11-7-8-19(26)15-24)28-25(29)12-5-4-6-13-25/h7-11,14H,4-6,12-13,15-16H2,1-3H3,(H,27,30). The molecule has 3 aliphatic rings. The van der Waals surface area contributed by atoms with Gasteiger partial charge in [-0.05, 0) is 70.6 Å². The smallest absolute Gasteiger partial charge is 0.271 e. The van der Waals surface area contributed by atoms with E-state index in [1.807, 2.05) is 57.2 Å². The third-order valence-electron chi connectivity index (χ3n) is 6.70. The minimum absolute atomic E-state index is 0.00250. The van der Waals surface area contributed by atoms with E-state index in [4.69, 9.17) is 16.6 Å². The topological polar surface area (TPSA) is 61.8 Å². The minimum atomic E-state index is -0.616. The van der Waals surface area contributed by atoms with Gasteiger partial charge in [0.15, 0.2) is 0 Å². The molecule has 2 aliphatic carbocycles. The maximum atomic E-state index is 13.6. The second kappa shape index (κ2) is 8.27. The van der Waals surface area contributed by atoms with Crippen LogP contribution in [0, 0.1) is 19.3 Å². The van der Waals surface area contributed by atoms with Crippen molar-refractivity contribution in [3.63, 3.8) is 0 Å². The molecule has 1 aromatic carbocycles. The van der Waals surface area contributed by atoms with Crippen molar-refractivity contribution < 1.29 is 9.59 Å². The lowest BCUT2D eigenvalue weighted by Gasteiger charge is -2.38. The number of hydrogen-bond donors (Lipinski definition) is 1. The van der Waals surface area contributed by atoms with Gasteiger partial charge in [0.05, 0.1) is 0 Å². The maximum Gasteiger partial charge on any atom is 0.271 e. The highest BCUT2D eigenvalue weighted by Gasteiger charge is 2.52. The van der Waals surface area contributed by atoms with Gasteiger partial charge in [0.25, 0.3) is 5.91 Å². The van der Waals surface area contributed by atoms with Crippen molar-refractivity contribution in [2.75, 3.05) is 11.9 Å². The van der Waals surface area contributed by atoms with Crippen LogP contribution in [0.1, 0.15) is 56.6 Å². The summed E-state index contributed by atoms with van der Waals surface area (Å²) in [5.74, 6) is -0.333. The molecule has 1 aromatic rings. The Kier molecular flexibility index (Phi) is 5.82. The van der Waals surface area contributed by atoms with Gasteiger partial charge in [-0.25, -0.2) is 0 Å². The Morgan fingerprint density at radius 3 is 2.65 bits per heavy atom. The quantitative estimate of drug-likeness (QED) is 0.694. The van der Waals surface area contributed by atoms with Crippen molar-refractivity contribution in [1.82, 2.24) is 4.90 Å². The fraction of sp³-hybridized carbons (Fsp3) is 0.480. The van der Waals surface area contributed by atoms with Crippen LogP contribution in [0.5, 0.6) is 0 Å².